The van der Waals surface area contributed by atoms with E-state index in [9.17, 15) is 19.2 Å². The minimum absolute atomic E-state index is 0.0963. The number of aromatic amines is 3. The Morgan fingerprint density at radius 2 is 1.50 bits per heavy atom. The summed E-state index contributed by atoms with van der Waals surface area (Å²) >= 11 is 0. The van der Waals surface area contributed by atoms with Crippen LogP contribution in [0.1, 0.15) is 111 Å². The van der Waals surface area contributed by atoms with Crippen molar-refractivity contribution in [1.82, 2.24) is 15.0 Å². The fraction of sp³-hybridized carbons (Fsp3) is 0.447. The molecule has 0 bridgehead atoms. The molecule has 0 saturated heterocycles. The quantitative estimate of drug-likeness (QED) is 0.0867. The highest BCUT2D eigenvalue weighted by Gasteiger charge is 2.28. The molecular formula is C38H49N5O7. The summed E-state index contributed by atoms with van der Waals surface area (Å²) in [4.78, 5) is 64.6. The molecular weight excluding hydrogens is 638 g/mol. The highest BCUT2D eigenvalue weighted by Crippen LogP contribution is 2.33. The molecule has 3 aromatic heterocycles. The Hall–Kier alpha value is -4.97. The van der Waals surface area contributed by atoms with Gasteiger partial charge < -0.3 is 34.9 Å². The van der Waals surface area contributed by atoms with Crippen LogP contribution in [-0.4, -0.2) is 72.2 Å². The molecule has 268 valence electrons. The first kappa shape index (κ1) is 37.8. The number of carbonyl (C=O) groups excluding carboxylic acids is 4. The smallest absolute Gasteiger partial charge is 0.340 e. The molecule has 0 unspecified atom stereocenters. The van der Waals surface area contributed by atoms with Crippen LogP contribution in [-0.2, 0) is 49.5 Å². The van der Waals surface area contributed by atoms with E-state index in [-0.39, 0.29) is 35.9 Å². The highest BCUT2D eigenvalue weighted by atomic mass is 16.5. The minimum atomic E-state index is -0.625. The van der Waals surface area contributed by atoms with Crippen LogP contribution in [0.2, 0.25) is 0 Å². The number of carbonyl (C=O) groups is 4. The second-order valence-electron chi connectivity index (χ2n) is 12.5. The monoisotopic (exact) mass is 687 g/mol. The van der Waals surface area contributed by atoms with Crippen molar-refractivity contribution in [3.8, 4) is 0 Å². The van der Waals surface area contributed by atoms with E-state index >= 15 is 0 Å². The molecule has 50 heavy (non-hydrogen) atoms. The Labute approximate surface area is 292 Å². The molecule has 0 fully saturated rings. The molecule has 12 heteroatoms. The van der Waals surface area contributed by atoms with Crippen molar-refractivity contribution in [1.29, 1.82) is 0 Å². The summed E-state index contributed by atoms with van der Waals surface area (Å²) in [5, 5.41) is 0. The summed E-state index contributed by atoms with van der Waals surface area (Å²) in [7, 11) is 3.94. The molecule has 3 aromatic rings. The van der Waals surface area contributed by atoms with E-state index in [0.29, 0.717) is 49.9 Å². The number of ketones is 1. The van der Waals surface area contributed by atoms with Crippen LogP contribution in [0.5, 0.6) is 0 Å². The summed E-state index contributed by atoms with van der Waals surface area (Å²) in [6, 6.07) is 0. The molecule has 0 amide bonds. The fourth-order valence-electron chi connectivity index (χ4n) is 6.58. The van der Waals surface area contributed by atoms with Crippen molar-refractivity contribution in [2.24, 2.45) is 10.7 Å². The summed E-state index contributed by atoms with van der Waals surface area (Å²) in [5.41, 5.74) is 19.1. The Morgan fingerprint density at radius 1 is 0.820 bits per heavy atom. The Kier molecular flexibility index (Phi) is 12.6. The van der Waals surface area contributed by atoms with Gasteiger partial charge >= 0.3 is 17.9 Å². The first-order valence-corrected chi connectivity index (χ1v) is 16.9. The lowest BCUT2D eigenvalue weighted by molar-refractivity contribution is -0.141. The van der Waals surface area contributed by atoms with E-state index in [2.05, 4.69) is 53.5 Å². The average Bonchev–Trinajstić information content (AvgIpc) is 3.81. The van der Waals surface area contributed by atoms with E-state index in [1.807, 2.05) is 6.20 Å². The van der Waals surface area contributed by atoms with Gasteiger partial charge in [0.25, 0.3) is 0 Å². The van der Waals surface area contributed by atoms with Gasteiger partial charge in [-0.25, -0.2) is 4.79 Å². The molecule has 0 atom stereocenters. The third-order valence-corrected chi connectivity index (χ3v) is 9.67. The van der Waals surface area contributed by atoms with Crippen molar-refractivity contribution < 1.29 is 33.4 Å². The number of allylic oxidation sites excluding steroid dienone is 2. The lowest BCUT2D eigenvalue weighted by Crippen LogP contribution is -2.12. The summed E-state index contributed by atoms with van der Waals surface area (Å²) in [5.74, 6) is -1.74. The number of nitrogens with two attached hydrogens (primary N) is 1. The van der Waals surface area contributed by atoms with Crippen molar-refractivity contribution in [2.75, 3.05) is 27.9 Å². The standard InChI is InChI=1S/C38H49N5O7/c1-9-25-21(3)29(41-31(25)18-30-23(5)36(38(47)50-8)37(43-30)33(44)11-13-35(46)49-7)17-32-26(14-15-39)22(4)28(42-32)16-27-20(2)24(19-40-27)10-12-34(45)48-6/h17,19,40,42-43H,9-16,18,39H2,1-8H3/b29-17-. The van der Waals surface area contributed by atoms with Crippen LogP contribution in [0.3, 0.4) is 0 Å². The number of Topliss-reactive ketones (excluding diaryl/α,β-unsaturated/α-hetero) is 1. The van der Waals surface area contributed by atoms with Gasteiger partial charge in [0, 0.05) is 54.7 Å². The topological polar surface area (TPSA) is 182 Å². The number of H-pyrrole nitrogens is 3. The van der Waals surface area contributed by atoms with Crippen LogP contribution in [0.15, 0.2) is 28.0 Å². The number of methoxy groups -OCH3 is 3. The van der Waals surface area contributed by atoms with Crippen molar-refractivity contribution >= 4 is 35.5 Å². The molecule has 4 rings (SSSR count). The molecule has 0 saturated carbocycles. The number of hydrogen-bond acceptors (Lipinski definition) is 9. The van der Waals surface area contributed by atoms with E-state index in [4.69, 9.17) is 20.2 Å². The predicted molar refractivity (Wildman–Crippen MR) is 192 cm³/mol. The second-order valence-corrected chi connectivity index (χ2v) is 12.5. The van der Waals surface area contributed by atoms with Gasteiger partial charge in [0.15, 0.2) is 5.78 Å². The van der Waals surface area contributed by atoms with Crippen LogP contribution in [0, 0.1) is 20.8 Å². The Balaban J connectivity index is 1.67. The Morgan fingerprint density at radius 3 is 2.14 bits per heavy atom. The van der Waals surface area contributed by atoms with Crippen molar-refractivity contribution in [3.63, 3.8) is 0 Å². The third kappa shape index (κ3) is 8.07. The van der Waals surface area contributed by atoms with Gasteiger partial charge in [0.1, 0.15) is 0 Å². The summed E-state index contributed by atoms with van der Waals surface area (Å²) in [6.45, 7) is 10.6. The number of nitrogens with zero attached hydrogens (tertiary/aromatic N) is 1. The number of aryl methyl sites for hydroxylation is 1. The molecule has 5 N–H and O–H groups in total. The number of esters is 3. The zero-order chi connectivity index (χ0) is 36.7. The number of aromatic nitrogens is 3. The molecule has 0 radical (unpaired) electrons. The molecule has 0 spiro atoms. The van der Waals surface area contributed by atoms with Crippen LogP contribution >= 0.6 is 0 Å². The zero-order valence-corrected chi connectivity index (χ0v) is 30.4. The maximum absolute atomic E-state index is 13.1. The van der Waals surface area contributed by atoms with E-state index in [1.165, 1.54) is 21.3 Å². The maximum atomic E-state index is 13.1. The van der Waals surface area contributed by atoms with Gasteiger partial charge in [-0.15, -0.1) is 0 Å². The molecule has 0 aromatic carbocycles. The van der Waals surface area contributed by atoms with Gasteiger partial charge in [0.2, 0.25) is 0 Å². The fourth-order valence-corrected chi connectivity index (χ4v) is 6.58. The largest absolute Gasteiger partial charge is 0.469 e. The van der Waals surface area contributed by atoms with Gasteiger partial charge in [-0.2, -0.15) is 0 Å². The Bertz CT molecular complexity index is 1880. The summed E-state index contributed by atoms with van der Waals surface area (Å²) in [6.07, 6.45) is 7.24. The molecule has 4 heterocycles. The number of hydrogen-bond donors (Lipinski definition) is 4. The van der Waals surface area contributed by atoms with Gasteiger partial charge in [0.05, 0.1) is 50.4 Å². The van der Waals surface area contributed by atoms with E-state index in [0.717, 1.165) is 68.3 Å². The molecule has 1 aliphatic heterocycles. The molecule has 1 aliphatic rings. The third-order valence-electron chi connectivity index (χ3n) is 9.67. The van der Waals surface area contributed by atoms with Gasteiger partial charge in [-0.3, -0.25) is 19.4 Å². The van der Waals surface area contributed by atoms with Crippen LogP contribution in [0.25, 0.3) is 6.08 Å². The maximum Gasteiger partial charge on any atom is 0.340 e. The number of rotatable bonds is 16. The second kappa shape index (κ2) is 16.6. The normalized spacial score (nSPS) is 13.6. The molecule has 12 nitrogen and oxygen atoms in total. The highest BCUT2D eigenvalue weighted by molar-refractivity contribution is 6.09. The lowest BCUT2D eigenvalue weighted by atomic mass is 9.98. The number of nitrogens with one attached hydrogen (secondary N) is 3. The van der Waals surface area contributed by atoms with Gasteiger partial charge in [-0.1, -0.05) is 6.92 Å². The minimum Gasteiger partial charge on any atom is -0.469 e. The van der Waals surface area contributed by atoms with E-state index < -0.39 is 11.9 Å². The predicted octanol–water partition coefficient (Wildman–Crippen LogP) is 5.48. The first-order valence-electron chi connectivity index (χ1n) is 16.9. The average molecular weight is 688 g/mol. The zero-order valence-electron chi connectivity index (χ0n) is 30.4. The molecule has 0 aliphatic carbocycles. The first-order chi connectivity index (χ1) is 23.9. The SMILES string of the molecule is CCC1=C(C)/C(=C/c2[nH]c(Cc3[nH]cc(CCC(=O)OC)c3C)c(C)c2CCN)N=C1Cc1[nH]c(C(=O)CCC(=O)OC)c(C(=O)OC)c1C. The van der Waals surface area contributed by atoms with Crippen molar-refractivity contribution in [2.45, 2.75) is 86.0 Å². The summed E-state index contributed by atoms with van der Waals surface area (Å²) < 4.78 is 14.5. The lowest BCUT2D eigenvalue weighted by Gasteiger charge is -2.06. The number of ether oxygens (including phenoxy) is 3. The number of aliphatic imine (C=N–C) groups is 1. The van der Waals surface area contributed by atoms with E-state index in [1.54, 1.807) is 6.92 Å². The van der Waals surface area contributed by atoms with Gasteiger partial charge in [-0.05, 0) is 98.5 Å². The van der Waals surface area contributed by atoms with Crippen LogP contribution < -0.4 is 5.73 Å². The van der Waals surface area contributed by atoms with Crippen LogP contribution in [0.4, 0.5) is 0 Å². The van der Waals surface area contributed by atoms with Crippen molar-refractivity contribution in [3.05, 3.63) is 84.9 Å².